The van der Waals surface area contributed by atoms with Gasteiger partial charge in [-0.05, 0) is 27.8 Å². The lowest BCUT2D eigenvalue weighted by Gasteiger charge is -2.25. The van der Waals surface area contributed by atoms with Crippen LogP contribution in [0, 0.1) is 0 Å². The second kappa shape index (κ2) is 7.89. The van der Waals surface area contributed by atoms with Gasteiger partial charge < -0.3 is 5.11 Å². The number of Topliss-reactive ketones (excluding diaryl/α,β-unsaturated/α-hetero) is 1. The van der Waals surface area contributed by atoms with E-state index in [9.17, 15) is 19.5 Å². The van der Waals surface area contributed by atoms with Gasteiger partial charge in [0.25, 0.3) is 0 Å². The third kappa shape index (κ3) is 3.11. The van der Waals surface area contributed by atoms with Gasteiger partial charge in [-0.15, -0.1) is 0 Å². The Bertz CT molecular complexity index is 1890. The molecule has 0 heterocycles. The van der Waals surface area contributed by atoms with E-state index in [-0.39, 0.29) is 33.2 Å². The molecule has 0 fully saturated rings. The van der Waals surface area contributed by atoms with Crippen molar-refractivity contribution < 1.29 is 9.90 Å². The maximum Gasteiger partial charge on any atom is 0.197 e. The standard InChI is InChI=1S/C31H18O4/c32-28-20-14-4-8-18-9-5-15-21(26(18)20)29(33)24(28)12-2-1-3-13-25-30(34)22-16-6-10-19-11-7-17-23(27(19)22)31(25)35/h1-17,32H/p-1. The smallest absolute Gasteiger partial charge is 0.197 e. The summed E-state index contributed by atoms with van der Waals surface area (Å²) in [7, 11) is 0. The molecule has 4 heteroatoms. The first kappa shape index (κ1) is 20.8. The molecule has 166 valence electrons. The third-order valence-corrected chi connectivity index (χ3v) is 6.51. The Morgan fingerprint density at radius 3 is 1.83 bits per heavy atom. The van der Waals surface area contributed by atoms with Gasteiger partial charge in [0.05, 0.1) is 5.22 Å². The topological polar surface area (TPSA) is 74.3 Å². The van der Waals surface area contributed by atoms with Crippen molar-refractivity contribution in [3.8, 4) is 0 Å². The van der Waals surface area contributed by atoms with Gasteiger partial charge in [-0.3, -0.25) is 14.4 Å². The van der Waals surface area contributed by atoms with E-state index in [1.165, 1.54) is 12.2 Å². The van der Waals surface area contributed by atoms with Crippen LogP contribution in [-0.4, -0.2) is 5.78 Å². The van der Waals surface area contributed by atoms with Crippen molar-refractivity contribution in [2.45, 2.75) is 0 Å². The van der Waals surface area contributed by atoms with Crippen molar-refractivity contribution >= 4 is 49.9 Å². The number of hydrogen-bond acceptors (Lipinski definition) is 4. The van der Waals surface area contributed by atoms with E-state index in [2.05, 4.69) is 0 Å². The van der Waals surface area contributed by atoms with Crippen LogP contribution >= 0.6 is 0 Å². The number of carbonyl (C=O) groups excluding carboxylic acids is 1. The fourth-order valence-corrected chi connectivity index (χ4v) is 4.90. The predicted octanol–water partition coefficient (Wildman–Crippen LogP) is 3.88. The van der Waals surface area contributed by atoms with Crippen molar-refractivity contribution in [2.24, 2.45) is 0 Å². The number of benzene rings is 5. The summed E-state index contributed by atoms with van der Waals surface area (Å²) < 4.78 is 0. The Hall–Kier alpha value is -4.83. The molecule has 35 heavy (non-hydrogen) atoms. The largest absolute Gasteiger partial charge is 0.872 e. The van der Waals surface area contributed by atoms with Crippen LogP contribution in [0.15, 0.2) is 112 Å². The van der Waals surface area contributed by atoms with Crippen LogP contribution in [0.2, 0.25) is 0 Å². The van der Waals surface area contributed by atoms with Gasteiger partial charge in [-0.2, -0.15) is 0 Å². The molecule has 5 aromatic rings. The molecule has 0 spiro atoms. The molecule has 1 aliphatic rings. The quantitative estimate of drug-likeness (QED) is 0.389. The summed E-state index contributed by atoms with van der Waals surface area (Å²) in [6, 6.07) is 21.7. The van der Waals surface area contributed by atoms with Crippen molar-refractivity contribution in [1.82, 2.24) is 0 Å². The molecule has 5 aromatic carbocycles. The van der Waals surface area contributed by atoms with Gasteiger partial charge in [0.2, 0.25) is 0 Å². The van der Waals surface area contributed by atoms with Crippen LogP contribution in [0.1, 0.15) is 15.9 Å². The molecule has 0 radical (unpaired) electrons. The summed E-state index contributed by atoms with van der Waals surface area (Å²) in [5.41, 5.74) is 0.470. The molecule has 0 amide bonds. The summed E-state index contributed by atoms with van der Waals surface area (Å²) in [4.78, 5) is 39.0. The number of ketones is 1. The van der Waals surface area contributed by atoms with Gasteiger partial charge in [-0.25, -0.2) is 0 Å². The SMILES string of the molecule is O=C1C(C=CC=CC=c2c(=O)c3cccc4cccc(c2=O)c43)=C([O-])c2cccc3cccc1c23. The van der Waals surface area contributed by atoms with Crippen molar-refractivity contribution in [1.29, 1.82) is 0 Å². The fourth-order valence-electron chi connectivity index (χ4n) is 4.90. The first-order chi connectivity index (χ1) is 17.1. The summed E-state index contributed by atoms with van der Waals surface area (Å²) in [5.74, 6) is -0.630. The Morgan fingerprint density at radius 1 is 0.600 bits per heavy atom. The highest BCUT2D eigenvalue weighted by molar-refractivity contribution is 6.25. The summed E-state index contributed by atoms with van der Waals surface area (Å²) in [6.45, 7) is 0. The minimum absolute atomic E-state index is 0.0823. The zero-order valence-corrected chi connectivity index (χ0v) is 18.4. The lowest BCUT2D eigenvalue weighted by atomic mass is 9.86. The maximum absolute atomic E-state index is 13.0. The van der Waals surface area contributed by atoms with Gasteiger partial charge in [0.1, 0.15) is 0 Å². The van der Waals surface area contributed by atoms with Crippen LogP contribution in [0.3, 0.4) is 0 Å². The summed E-state index contributed by atoms with van der Waals surface area (Å²) in [5, 5.41) is 17.2. The number of hydrogen-bond donors (Lipinski definition) is 0. The highest BCUT2D eigenvalue weighted by atomic mass is 16.3. The summed E-state index contributed by atoms with van der Waals surface area (Å²) >= 11 is 0. The lowest BCUT2D eigenvalue weighted by molar-refractivity contribution is -0.244. The number of rotatable bonds is 3. The van der Waals surface area contributed by atoms with Crippen molar-refractivity contribution in [2.75, 3.05) is 0 Å². The Balaban J connectivity index is 1.40. The molecule has 0 bridgehead atoms. The van der Waals surface area contributed by atoms with E-state index in [0.717, 1.165) is 10.8 Å². The van der Waals surface area contributed by atoms with Gasteiger partial charge in [0.15, 0.2) is 16.6 Å². The minimum Gasteiger partial charge on any atom is -0.872 e. The van der Waals surface area contributed by atoms with Crippen molar-refractivity contribution in [3.05, 3.63) is 139 Å². The summed E-state index contributed by atoms with van der Waals surface area (Å²) in [6.07, 6.45) is 7.71. The molecule has 6 rings (SSSR count). The first-order valence-electron chi connectivity index (χ1n) is 11.2. The Labute approximate surface area is 199 Å². The minimum atomic E-state index is -0.315. The predicted molar refractivity (Wildman–Crippen MR) is 138 cm³/mol. The first-order valence-corrected chi connectivity index (χ1v) is 11.2. The second-order valence-corrected chi connectivity index (χ2v) is 8.47. The average molecular weight is 453 g/mol. The van der Waals surface area contributed by atoms with Gasteiger partial charge >= 0.3 is 0 Å². The highest BCUT2D eigenvalue weighted by Crippen LogP contribution is 2.34. The molecule has 1 aliphatic carbocycles. The highest BCUT2D eigenvalue weighted by Gasteiger charge is 2.21. The normalized spacial score (nSPS) is 13.8. The number of allylic oxidation sites excluding steroid dienone is 5. The Morgan fingerprint density at radius 2 is 1.17 bits per heavy atom. The molecule has 4 nitrogen and oxygen atoms in total. The van der Waals surface area contributed by atoms with E-state index in [1.807, 2.05) is 24.3 Å². The van der Waals surface area contributed by atoms with Crippen LogP contribution in [0.25, 0.3) is 44.2 Å². The van der Waals surface area contributed by atoms with Crippen molar-refractivity contribution in [3.63, 3.8) is 0 Å². The number of carbonyl (C=O) groups is 1. The van der Waals surface area contributed by atoms with Crippen LogP contribution in [-0.2, 0) is 0 Å². The Kier molecular flexibility index (Phi) is 4.68. The van der Waals surface area contributed by atoms with E-state index >= 15 is 0 Å². The van der Waals surface area contributed by atoms with Crippen LogP contribution in [0.5, 0.6) is 0 Å². The molecule has 0 aromatic heterocycles. The second-order valence-electron chi connectivity index (χ2n) is 8.47. The molecule has 0 aliphatic heterocycles. The molecule has 0 unspecified atom stereocenters. The van der Waals surface area contributed by atoms with E-state index in [1.54, 1.807) is 66.8 Å². The average Bonchev–Trinajstić information content (AvgIpc) is 2.88. The van der Waals surface area contributed by atoms with Gasteiger partial charge in [-0.1, -0.05) is 103 Å². The molecule has 0 N–H and O–H groups in total. The molecular formula is C31H17O4-. The van der Waals surface area contributed by atoms with E-state index in [4.69, 9.17) is 0 Å². The zero-order valence-electron chi connectivity index (χ0n) is 18.4. The van der Waals surface area contributed by atoms with E-state index in [0.29, 0.717) is 32.7 Å². The van der Waals surface area contributed by atoms with E-state index < -0.39 is 0 Å². The zero-order chi connectivity index (χ0) is 24.1. The lowest BCUT2D eigenvalue weighted by Crippen LogP contribution is -2.38. The van der Waals surface area contributed by atoms with Crippen LogP contribution in [0.4, 0.5) is 0 Å². The third-order valence-electron chi connectivity index (χ3n) is 6.51. The molecule has 0 saturated heterocycles. The molecule has 0 saturated carbocycles. The molecular weight excluding hydrogens is 436 g/mol. The fraction of sp³-hybridized carbons (Fsp3) is 0. The maximum atomic E-state index is 13.0. The van der Waals surface area contributed by atoms with Crippen LogP contribution < -0.4 is 21.2 Å². The monoisotopic (exact) mass is 453 g/mol. The van der Waals surface area contributed by atoms with Gasteiger partial charge in [0, 0.05) is 27.3 Å². The molecule has 0 atom stereocenters.